The maximum absolute atomic E-state index is 11.7. The smallest absolute Gasteiger partial charge is 0.338 e. The van der Waals surface area contributed by atoms with Gasteiger partial charge in [0.05, 0.1) is 12.7 Å². The summed E-state index contributed by atoms with van der Waals surface area (Å²) in [5.41, 5.74) is 5.08. The van der Waals surface area contributed by atoms with Crippen molar-refractivity contribution in [2.45, 2.75) is 27.2 Å². The van der Waals surface area contributed by atoms with E-state index in [1.165, 1.54) is 7.11 Å². The summed E-state index contributed by atoms with van der Waals surface area (Å²) in [5, 5.41) is 0. The SMILES string of the molecule is C=CC1=C(/C=C\C)c2cccc(C(=O)OC)c2C1.CC. The van der Waals surface area contributed by atoms with Gasteiger partial charge in [-0.2, -0.15) is 0 Å². The van der Waals surface area contributed by atoms with Crippen molar-refractivity contribution in [2.75, 3.05) is 7.11 Å². The first-order chi connectivity index (χ1) is 9.72. The number of carbonyl (C=O) groups excluding carboxylic acids is 1. The first kappa shape index (κ1) is 16.0. The molecule has 1 aromatic carbocycles. The fraction of sp³-hybridized carbons (Fsp3) is 0.278. The molecule has 0 heterocycles. The first-order valence-corrected chi connectivity index (χ1v) is 6.91. The van der Waals surface area contributed by atoms with E-state index in [9.17, 15) is 4.79 Å². The predicted octanol–water partition coefficient (Wildman–Crippen LogP) is 4.57. The first-order valence-electron chi connectivity index (χ1n) is 6.91. The second-order valence-electron chi connectivity index (χ2n) is 4.14. The number of fused-ring (bicyclic) bond motifs is 1. The van der Waals surface area contributed by atoms with Crippen LogP contribution in [0.25, 0.3) is 5.57 Å². The van der Waals surface area contributed by atoms with Crippen LogP contribution >= 0.6 is 0 Å². The molecule has 1 aliphatic carbocycles. The lowest BCUT2D eigenvalue weighted by Crippen LogP contribution is -2.05. The van der Waals surface area contributed by atoms with Crippen molar-refractivity contribution in [3.05, 3.63) is 65.3 Å². The van der Waals surface area contributed by atoms with Gasteiger partial charge in [-0.15, -0.1) is 0 Å². The van der Waals surface area contributed by atoms with Gasteiger partial charge >= 0.3 is 5.97 Å². The van der Waals surface area contributed by atoms with Crippen LogP contribution in [0.15, 0.2) is 48.6 Å². The zero-order chi connectivity index (χ0) is 15.1. The average molecular weight is 270 g/mol. The van der Waals surface area contributed by atoms with Crippen LogP contribution < -0.4 is 0 Å². The Labute approximate surface area is 121 Å². The van der Waals surface area contributed by atoms with Gasteiger partial charge < -0.3 is 4.74 Å². The summed E-state index contributed by atoms with van der Waals surface area (Å²) in [6.07, 6.45) is 6.66. The highest BCUT2D eigenvalue weighted by atomic mass is 16.5. The summed E-state index contributed by atoms with van der Waals surface area (Å²) in [6.45, 7) is 9.83. The summed E-state index contributed by atoms with van der Waals surface area (Å²) < 4.78 is 4.82. The Morgan fingerprint density at radius 3 is 2.60 bits per heavy atom. The van der Waals surface area contributed by atoms with Crippen molar-refractivity contribution in [3.63, 3.8) is 0 Å². The zero-order valence-corrected chi connectivity index (χ0v) is 12.7. The molecule has 0 radical (unpaired) electrons. The number of allylic oxidation sites excluding steroid dienone is 5. The van der Waals surface area contributed by atoms with Crippen molar-refractivity contribution in [2.24, 2.45) is 0 Å². The van der Waals surface area contributed by atoms with Crippen LogP contribution in [0.5, 0.6) is 0 Å². The maximum Gasteiger partial charge on any atom is 0.338 e. The van der Waals surface area contributed by atoms with Gasteiger partial charge in [0.15, 0.2) is 0 Å². The average Bonchev–Trinajstić information content (AvgIpc) is 2.87. The number of ether oxygens (including phenoxy) is 1. The quantitative estimate of drug-likeness (QED) is 0.752. The Balaban J connectivity index is 0.000000956. The summed E-state index contributed by atoms with van der Waals surface area (Å²) in [7, 11) is 1.41. The Morgan fingerprint density at radius 1 is 1.35 bits per heavy atom. The molecule has 106 valence electrons. The van der Waals surface area contributed by atoms with Crippen molar-refractivity contribution in [3.8, 4) is 0 Å². The number of hydrogen-bond acceptors (Lipinski definition) is 2. The molecular formula is C18H22O2. The number of hydrogen-bond donors (Lipinski definition) is 0. The van der Waals surface area contributed by atoms with E-state index in [0.29, 0.717) is 5.56 Å². The Hall–Kier alpha value is -2.09. The molecule has 0 aliphatic heterocycles. The molecule has 0 aromatic heterocycles. The highest BCUT2D eigenvalue weighted by molar-refractivity contribution is 5.96. The number of carbonyl (C=O) groups is 1. The third-order valence-corrected chi connectivity index (χ3v) is 3.16. The van der Waals surface area contributed by atoms with E-state index in [1.54, 1.807) is 0 Å². The van der Waals surface area contributed by atoms with E-state index in [4.69, 9.17) is 4.74 Å². The van der Waals surface area contributed by atoms with Gasteiger partial charge in [0.25, 0.3) is 0 Å². The number of methoxy groups -OCH3 is 1. The lowest BCUT2D eigenvalue weighted by Gasteiger charge is -2.07. The molecular weight excluding hydrogens is 248 g/mol. The Kier molecular flexibility index (Phi) is 5.98. The van der Waals surface area contributed by atoms with Crippen molar-refractivity contribution < 1.29 is 9.53 Å². The standard InChI is InChI=1S/C16H16O2.C2H6/c1-4-7-12-11(5-2)10-15-13(12)8-6-9-14(15)16(17)18-3;1-2/h4-9H,2,10H2,1,3H3;1-2H3/b7-4-;. The zero-order valence-electron chi connectivity index (χ0n) is 12.7. The molecule has 0 spiro atoms. The van der Waals surface area contributed by atoms with Gasteiger partial charge in [-0.25, -0.2) is 4.79 Å². The second-order valence-corrected chi connectivity index (χ2v) is 4.14. The second kappa shape index (κ2) is 7.49. The van der Waals surface area contributed by atoms with Gasteiger partial charge in [-0.3, -0.25) is 0 Å². The van der Waals surface area contributed by atoms with Crippen LogP contribution in [0.1, 0.15) is 42.3 Å². The summed E-state index contributed by atoms with van der Waals surface area (Å²) in [6, 6.07) is 5.73. The van der Waals surface area contributed by atoms with Crippen molar-refractivity contribution in [1.29, 1.82) is 0 Å². The van der Waals surface area contributed by atoms with Gasteiger partial charge in [-0.1, -0.05) is 50.8 Å². The minimum Gasteiger partial charge on any atom is -0.465 e. The molecule has 20 heavy (non-hydrogen) atoms. The molecule has 0 saturated carbocycles. The van der Waals surface area contributed by atoms with Crippen LogP contribution in [-0.2, 0) is 11.2 Å². The molecule has 2 rings (SSSR count). The van der Waals surface area contributed by atoms with Crippen LogP contribution in [-0.4, -0.2) is 13.1 Å². The minimum absolute atomic E-state index is 0.281. The topological polar surface area (TPSA) is 26.3 Å². The molecule has 0 N–H and O–H groups in total. The fourth-order valence-corrected chi connectivity index (χ4v) is 2.34. The largest absolute Gasteiger partial charge is 0.465 e. The van der Waals surface area contributed by atoms with Crippen LogP contribution in [0.2, 0.25) is 0 Å². The molecule has 0 bridgehead atoms. The van der Waals surface area contributed by atoms with E-state index < -0.39 is 0 Å². The van der Waals surface area contributed by atoms with Gasteiger partial charge in [0.2, 0.25) is 0 Å². The summed E-state index contributed by atoms with van der Waals surface area (Å²) >= 11 is 0. The fourth-order valence-electron chi connectivity index (χ4n) is 2.34. The van der Waals surface area contributed by atoms with E-state index in [-0.39, 0.29) is 5.97 Å². The summed E-state index contributed by atoms with van der Waals surface area (Å²) in [4.78, 5) is 11.7. The molecule has 0 saturated heterocycles. The highest BCUT2D eigenvalue weighted by Gasteiger charge is 2.23. The van der Waals surface area contributed by atoms with E-state index in [0.717, 1.165) is 28.7 Å². The predicted molar refractivity (Wildman–Crippen MR) is 84.8 cm³/mol. The number of benzene rings is 1. The van der Waals surface area contributed by atoms with Gasteiger partial charge in [-0.05, 0) is 41.7 Å². The monoisotopic (exact) mass is 270 g/mol. The Bertz CT molecular complexity index is 563. The molecule has 0 amide bonds. The molecule has 1 aliphatic rings. The molecule has 2 nitrogen and oxygen atoms in total. The third kappa shape index (κ3) is 2.90. The van der Waals surface area contributed by atoms with Crippen molar-refractivity contribution >= 4 is 11.5 Å². The normalized spacial score (nSPS) is 12.8. The highest BCUT2D eigenvalue weighted by Crippen LogP contribution is 2.36. The van der Waals surface area contributed by atoms with Gasteiger partial charge in [0, 0.05) is 0 Å². The third-order valence-electron chi connectivity index (χ3n) is 3.16. The lowest BCUT2D eigenvalue weighted by atomic mass is 10.00. The molecule has 2 heteroatoms. The van der Waals surface area contributed by atoms with E-state index in [2.05, 4.69) is 12.7 Å². The molecule has 0 unspecified atom stereocenters. The Morgan fingerprint density at radius 2 is 2.05 bits per heavy atom. The number of esters is 1. The molecule has 0 atom stereocenters. The molecule has 1 aromatic rings. The molecule has 0 fully saturated rings. The van der Waals surface area contributed by atoms with E-state index >= 15 is 0 Å². The minimum atomic E-state index is -0.281. The van der Waals surface area contributed by atoms with Gasteiger partial charge in [0.1, 0.15) is 0 Å². The summed E-state index contributed by atoms with van der Waals surface area (Å²) in [5.74, 6) is -0.281. The number of rotatable bonds is 3. The van der Waals surface area contributed by atoms with E-state index in [1.807, 2.05) is 51.1 Å². The van der Waals surface area contributed by atoms with Crippen LogP contribution in [0.4, 0.5) is 0 Å². The van der Waals surface area contributed by atoms with Crippen molar-refractivity contribution in [1.82, 2.24) is 0 Å². The van der Waals surface area contributed by atoms with Crippen LogP contribution in [0, 0.1) is 0 Å². The van der Waals surface area contributed by atoms with Crippen LogP contribution in [0.3, 0.4) is 0 Å². The maximum atomic E-state index is 11.7. The lowest BCUT2D eigenvalue weighted by molar-refractivity contribution is 0.0599.